The summed E-state index contributed by atoms with van der Waals surface area (Å²) in [5.74, 6) is 1.19. The number of likely N-dealkylation sites (N-methyl/N-ethyl adjacent to an activating group) is 1. The quantitative estimate of drug-likeness (QED) is 0.236. The Balaban J connectivity index is 1.64. The molecule has 0 amide bonds. The van der Waals surface area contributed by atoms with Gasteiger partial charge in [-0.3, -0.25) is 4.57 Å². The van der Waals surface area contributed by atoms with E-state index in [0.29, 0.717) is 29.7 Å². The normalized spacial score (nSPS) is 15.4. The van der Waals surface area contributed by atoms with E-state index in [1.54, 1.807) is 6.20 Å². The molecule has 10 heteroatoms. The van der Waals surface area contributed by atoms with Gasteiger partial charge < -0.3 is 26.3 Å². The Bertz CT molecular complexity index is 1370. The highest BCUT2D eigenvalue weighted by Crippen LogP contribution is 2.24. The van der Waals surface area contributed by atoms with E-state index in [0.717, 1.165) is 60.1 Å². The number of piperazine rings is 1. The fourth-order valence-corrected chi connectivity index (χ4v) is 4.26. The minimum absolute atomic E-state index is 0.118. The highest BCUT2D eigenvalue weighted by atomic mass is 15.5. The third kappa shape index (κ3) is 9.47. The van der Waals surface area contributed by atoms with Crippen molar-refractivity contribution in [3.63, 3.8) is 0 Å². The first-order valence-electron chi connectivity index (χ1n) is 13.9. The largest absolute Gasteiger partial charge is 0.363 e. The lowest BCUT2D eigenvalue weighted by atomic mass is 10.1. The van der Waals surface area contributed by atoms with Crippen molar-refractivity contribution in [2.24, 2.45) is 0 Å². The number of hydrazine groups is 1. The number of hydrogen-bond donors (Lipinski definition) is 4. The summed E-state index contributed by atoms with van der Waals surface area (Å²) in [5, 5.41) is 12.0. The van der Waals surface area contributed by atoms with Crippen LogP contribution < -0.4 is 21.4 Å². The van der Waals surface area contributed by atoms with Crippen molar-refractivity contribution in [2.75, 3.05) is 50.4 Å². The molecule has 0 aliphatic carbocycles. The molecule has 1 fully saturated rings. The van der Waals surface area contributed by atoms with E-state index >= 15 is 0 Å². The van der Waals surface area contributed by atoms with E-state index in [2.05, 4.69) is 83.5 Å². The van der Waals surface area contributed by atoms with Crippen molar-refractivity contribution in [1.82, 2.24) is 40.2 Å². The molecule has 3 rings (SSSR count). The molecule has 0 saturated carbocycles. The molecule has 4 N–H and O–H groups in total. The number of nitrogens with one attached hydrogen (secondary N) is 4. The zero-order chi connectivity index (χ0) is 30.1. The highest BCUT2D eigenvalue weighted by Gasteiger charge is 2.17. The smallest absolute Gasteiger partial charge is 0.225 e. The predicted molar refractivity (Wildman–Crippen MR) is 172 cm³/mol. The maximum atomic E-state index is 4.78. The van der Waals surface area contributed by atoms with Gasteiger partial charge in [0.2, 0.25) is 11.9 Å². The molecule has 0 radical (unpaired) electrons. The molecular weight excluding hydrogens is 512 g/mol. The fourth-order valence-electron chi connectivity index (χ4n) is 4.26. The van der Waals surface area contributed by atoms with E-state index in [4.69, 9.17) is 9.97 Å². The Hall–Kier alpha value is -4.15. The van der Waals surface area contributed by atoms with Crippen LogP contribution in [-0.2, 0) is 0 Å². The van der Waals surface area contributed by atoms with Gasteiger partial charge in [0.25, 0.3) is 0 Å². The van der Waals surface area contributed by atoms with Crippen LogP contribution in [0.2, 0.25) is 0 Å². The van der Waals surface area contributed by atoms with Gasteiger partial charge in [-0.2, -0.15) is 4.98 Å². The zero-order valence-corrected chi connectivity index (χ0v) is 25.5. The van der Waals surface area contributed by atoms with Crippen molar-refractivity contribution in [1.29, 1.82) is 0 Å². The van der Waals surface area contributed by atoms with Crippen LogP contribution in [0.1, 0.15) is 40.7 Å². The lowest BCUT2D eigenvalue weighted by Crippen LogP contribution is -2.50. The van der Waals surface area contributed by atoms with E-state index in [-0.39, 0.29) is 6.04 Å². The van der Waals surface area contributed by atoms with Crippen molar-refractivity contribution >= 4 is 23.1 Å². The van der Waals surface area contributed by atoms with Gasteiger partial charge in [0.1, 0.15) is 5.52 Å². The van der Waals surface area contributed by atoms with Crippen molar-refractivity contribution in [3.8, 4) is 0 Å². The van der Waals surface area contributed by atoms with E-state index < -0.39 is 0 Å². The van der Waals surface area contributed by atoms with Gasteiger partial charge >= 0.3 is 0 Å². The maximum absolute atomic E-state index is 4.78. The number of imidazole rings is 1. The first kappa shape index (κ1) is 31.4. The summed E-state index contributed by atoms with van der Waals surface area (Å²) in [7, 11) is 2.14. The molecule has 0 atom stereocenters. The van der Waals surface area contributed by atoms with Crippen LogP contribution in [0.25, 0.3) is 11.2 Å². The average Bonchev–Trinajstić information content (AvgIpc) is 3.25. The molecule has 0 unspecified atom stereocenters. The molecule has 2 aromatic heterocycles. The Morgan fingerprint density at radius 3 is 2.41 bits per heavy atom. The second-order valence-corrected chi connectivity index (χ2v) is 10.8. The Morgan fingerprint density at radius 2 is 1.76 bits per heavy atom. The standard InChI is InChI=1S/C31H46N10/c1-21(2)34-25(7)12-11-13-26(8)35-31-36-28-20-33-30(37-29(28)41(31)22(3)4)32-19-23(5)18-24(6)27(9)38-40-16-14-39(10)15-17-40/h11-13,18,20,22,34,38H,1,6,8-9,14-17,19H2,2-5,7,10H3,(H,35,36)(H,32,33,37)/b13-11-,23-18-,25-12+. The third-order valence-corrected chi connectivity index (χ3v) is 6.41. The summed E-state index contributed by atoms with van der Waals surface area (Å²) in [4.78, 5) is 16.3. The monoisotopic (exact) mass is 558 g/mol. The topological polar surface area (TPSA) is 98.2 Å². The number of anilines is 2. The molecule has 3 heterocycles. The molecule has 0 aromatic carbocycles. The number of allylic oxidation sites excluding steroid dienone is 6. The minimum Gasteiger partial charge on any atom is -0.363 e. The van der Waals surface area contributed by atoms with Crippen LogP contribution in [0.5, 0.6) is 0 Å². The summed E-state index contributed by atoms with van der Waals surface area (Å²) in [6, 6.07) is 0.118. The number of hydrogen-bond acceptors (Lipinski definition) is 9. The van der Waals surface area contributed by atoms with Crippen LogP contribution in [0, 0.1) is 0 Å². The number of nitrogens with zero attached hydrogens (tertiary/aromatic N) is 6. The van der Waals surface area contributed by atoms with Crippen molar-refractivity contribution in [3.05, 3.63) is 90.8 Å². The van der Waals surface area contributed by atoms with Crippen molar-refractivity contribution in [2.45, 2.75) is 40.7 Å². The Kier molecular flexibility index (Phi) is 11.1. The number of rotatable bonds is 14. The third-order valence-electron chi connectivity index (χ3n) is 6.41. The summed E-state index contributed by atoms with van der Waals surface area (Å²) in [6.45, 7) is 31.0. The fraction of sp³-hybridized carbons (Fsp3) is 0.387. The van der Waals surface area contributed by atoms with Crippen LogP contribution in [0.3, 0.4) is 0 Å². The van der Waals surface area contributed by atoms with Gasteiger partial charge in [-0.05, 0) is 59.4 Å². The summed E-state index contributed by atoms with van der Waals surface area (Å²) in [5.41, 5.74) is 10.2. The second-order valence-electron chi connectivity index (χ2n) is 10.8. The van der Waals surface area contributed by atoms with Crippen LogP contribution in [0.4, 0.5) is 11.9 Å². The van der Waals surface area contributed by atoms with E-state index in [1.165, 1.54) is 0 Å². The SMILES string of the molecule is C=C(C)N/C(C)=C/C=C\C(=C)Nc1nc2cnc(NC/C(C)=C\C(=C)C(=C)NN3CCN(C)CC3)nc2n1C(C)C. The molecule has 10 nitrogen and oxygen atoms in total. The van der Waals surface area contributed by atoms with Crippen LogP contribution in [0.15, 0.2) is 90.8 Å². The molecule has 1 saturated heterocycles. The van der Waals surface area contributed by atoms with Crippen LogP contribution in [-0.4, -0.2) is 69.2 Å². The van der Waals surface area contributed by atoms with Crippen molar-refractivity contribution < 1.29 is 0 Å². The maximum Gasteiger partial charge on any atom is 0.225 e. The molecular formula is C31H46N10. The first-order valence-corrected chi connectivity index (χ1v) is 13.9. The zero-order valence-electron chi connectivity index (χ0n) is 25.5. The predicted octanol–water partition coefficient (Wildman–Crippen LogP) is 5.10. The van der Waals surface area contributed by atoms with Gasteiger partial charge in [-0.1, -0.05) is 44.0 Å². The van der Waals surface area contributed by atoms with Gasteiger partial charge in [-0.25, -0.2) is 15.0 Å². The second kappa shape index (κ2) is 14.5. The lowest BCUT2D eigenvalue weighted by molar-refractivity contribution is 0.119. The summed E-state index contributed by atoms with van der Waals surface area (Å²) >= 11 is 0. The number of fused-ring (bicyclic) bond motifs is 1. The molecule has 2 aromatic rings. The number of aromatic nitrogens is 4. The molecule has 220 valence electrons. The Labute approximate surface area is 245 Å². The first-order chi connectivity index (χ1) is 19.4. The van der Waals surface area contributed by atoms with E-state index in [9.17, 15) is 0 Å². The average molecular weight is 559 g/mol. The Morgan fingerprint density at radius 1 is 1.05 bits per heavy atom. The summed E-state index contributed by atoms with van der Waals surface area (Å²) < 4.78 is 2.05. The summed E-state index contributed by atoms with van der Waals surface area (Å²) in [6.07, 6.45) is 9.55. The molecule has 0 bridgehead atoms. The lowest BCUT2D eigenvalue weighted by Gasteiger charge is -2.33. The molecule has 1 aliphatic heterocycles. The van der Waals surface area contributed by atoms with E-state index in [1.807, 2.05) is 49.6 Å². The highest BCUT2D eigenvalue weighted by molar-refractivity contribution is 5.75. The van der Waals surface area contributed by atoms with Gasteiger partial charge in [0.15, 0.2) is 5.65 Å². The minimum atomic E-state index is 0.118. The van der Waals surface area contributed by atoms with Gasteiger partial charge in [-0.15, -0.1) is 0 Å². The van der Waals surface area contributed by atoms with Gasteiger partial charge in [0, 0.05) is 61.6 Å². The molecule has 0 spiro atoms. The molecule has 1 aliphatic rings. The van der Waals surface area contributed by atoms with Crippen LogP contribution >= 0.6 is 0 Å². The van der Waals surface area contributed by atoms with Gasteiger partial charge in [0.05, 0.1) is 6.20 Å². The molecule has 41 heavy (non-hydrogen) atoms.